The number of benzene rings is 1. The first-order valence-electron chi connectivity index (χ1n) is 11.5. The number of hydrogen-bond acceptors (Lipinski definition) is 9. The highest BCUT2D eigenvalue weighted by atomic mass is 31.2. The van der Waals surface area contributed by atoms with Gasteiger partial charge in [-0.25, -0.2) is 23.6 Å². The van der Waals surface area contributed by atoms with E-state index < -0.39 is 112 Å². The van der Waals surface area contributed by atoms with Crippen molar-refractivity contribution in [2.45, 2.75) is 50.2 Å². The van der Waals surface area contributed by atoms with Crippen molar-refractivity contribution in [2.75, 3.05) is 6.61 Å². The Morgan fingerprint density at radius 2 is 1.46 bits per heavy atom. The highest BCUT2D eigenvalue weighted by molar-refractivity contribution is 7.50. The van der Waals surface area contributed by atoms with Crippen molar-refractivity contribution >= 4 is 43.4 Å². The topological polar surface area (TPSA) is 290 Å². The molecule has 224 valence electrons. The van der Waals surface area contributed by atoms with Gasteiger partial charge in [-0.05, 0) is 31.0 Å². The number of carboxylic acids is 4. The molecule has 1 aromatic rings. The maximum atomic E-state index is 13.5. The molecule has 1 aromatic carbocycles. The maximum Gasteiger partial charge on any atom is 0.403 e. The van der Waals surface area contributed by atoms with Crippen molar-refractivity contribution in [1.82, 2.24) is 15.7 Å². The zero-order valence-corrected chi connectivity index (χ0v) is 21.9. The van der Waals surface area contributed by atoms with Crippen LogP contribution in [0.4, 0.5) is 4.39 Å². The van der Waals surface area contributed by atoms with E-state index in [1.165, 1.54) is 6.07 Å². The molecule has 0 saturated carbocycles. The SMILES string of the molecule is N#Cc1cc(C(=O)N[C@@H](CCC(=O)NC(CCOP(=O)(O)NC(CCC(=O)O)C(=O)O)C(=O)O)C(=O)O)ccc1F. The molecule has 17 nitrogen and oxygen atoms in total. The van der Waals surface area contributed by atoms with Crippen LogP contribution in [0.2, 0.25) is 0 Å². The fourth-order valence-corrected chi connectivity index (χ4v) is 4.15. The average molecular weight is 604 g/mol. The summed E-state index contributed by atoms with van der Waals surface area (Å²) in [4.78, 5) is 79.1. The number of carboxylic acid groups (broad SMARTS) is 4. The van der Waals surface area contributed by atoms with E-state index >= 15 is 0 Å². The standard InChI is InChI=1S/C22H26FN4O13P/c23-13-2-1-11(9-12(13)10-24)19(31)26-14(20(32)33)3-5-17(28)25-15(21(34)35)7-8-40-41(38,39)27-16(22(36)37)4-6-18(29)30/h1-2,9,14-16H,3-8H2,(H,25,28)(H,26,31)(H,29,30)(H,32,33)(H,34,35)(H,36,37)(H2,27,38,39)/t14-,15?,16?/m0/s1. The number of aliphatic carboxylic acids is 4. The van der Waals surface area contributed by atoms with E-state index in [0.29, 0.717) is 0 Å². The summed E-state index contributed by atoms with van der Waals surface area (Å²) in [6, 6.07) is -0.828. The van der Waals surface area contributed by atoms with Crippen LogP contribution in [0, 0.1) is 17.1 Å². The van der Waals surface area contributed by atoms with E-state index in [9.17, 15) is 52.8 Å². The average Bonchev–Trinajstić information content (AvgIpc) is 2.87. The van der Waals surface area contributed by atoms with E-state index in [0.717, 1.165) is 18.2 Å². The number of nitrogens with one attached hydrogen (secondary N) is 3. The van der Waals surface area contributed by atoms with Crippen LogP contribution in [0.15, 0.2) is 18.2 Å². The fourth-order valence-electron chi connectivity index (χ4n) is 3.09. The Morgan fingerprint density at radius 3 is 2.00 bits per heavy atom. The van der Waals surface area contributed by atoms with Gasteiger partial charge in [0.05, 0.1) is 12.2 Å². The van der Waals surface area contributed by atoms with Crippen molar-refractivity contribution < 1.29 is 67.6 Å². The summed E-state index contributed by atoms with van der Waals surface area (Å²) in [5.74, 6) is -8.99. The van der Waals surface area contributed by atoms with Gasteiger partial charge in [0.25, 0.3) is 5.91 Å². The molecular weight excluding hydrogens is 578 g/mol. The van der Waals surface area contributed by atoms with Crippen LogP contribution in [0.5, 0.6) is 0 Å². The van der Waals surface area contributed by atoms with Crippen molar-refractivity contribution in [3.63, 3.8) is 0 Å². The third kappa shape index (κ3) is 12.5. The molecule has 0 fully saturated rings. The summed E-state index contributed by atoms with van der Waals surface area (Å²) >= 11 is 0. The lowest BCUT2D eigenvalue weighted by Gasteiger charge is -2.20. The Morgan fingerprint density at radius 1 is 0.902 bits per heavy atom. The number of hydrogen-bond donors (Lipinski definition) is 8. The summed E-state index contributed by atoms with van der Waals surface area (Å²) in [5, 5.41) is 51.1. The molecule has 0 saturated heterocycles. The van der Waals surface area contributed by atoms with E-state index in [2.05, 4.69) is 9.84 Å². The molecule has 19 heteroatoms. The van der Waals surface area contributed by atoms with Gasteiger partial charge in [-0.1, -0.05) is 0 Å². The number of amides is 2. The normalized spacial score (nSPS) is 14.4. The van der Waals surface area contributed by atoms with Gasteiger partial charge >= 0.3 is 31.6 Å². The first-order valence-corrected chi connectivity index (χ1v) is 13.1. The second-order valence-electron chi connectivity index (χ2n) is 8.26. The van der Waals surface area contributed by atoms with Gasteiger partial charge in [-0.3, -0.25) is 23.7 Å². The molecule has 0 radical (unpaired) electrons. The maximum absolute atomic E-state index is 13.5. The van der Waals surface area contributed by atoms with E-state index in [-0.39, 0.29) is 5.56 Å². The van der Waals surface area contributed by atoms with Crippen molar-refractivity contribution in [3.8, 4) is 6.07 Å². The second-order valence-corrected chi connectivity index (χ2v) is 9.82. The van der Waals surface area contributed by atoms with Crippen LogP contribution < -0.4 is 15.7 Å². The molecule has 8 N–H and O–H groups in total. The third-order valence-corrected chi connectivity index (χ3v) is 6.35. The largest absolute Gasteiger partial charge is 0.481 e. The number of nitrogens with zero attached hydrogens (tertiary/aromatic N) is 1. The molecule has 41 heavy (non-hydrogen) atoms. The van der Waals surface area contributed by atoms with Crippen molar-refractivity contribution in [2.24, 2.45) is 0 Å². The minimum absolute atomic E-state index is 0.225. The molecule has 2 amide bonds. The Balaban J connectivity index is 2.68. The smallest absolute Gasteiger partial charge is 0.403 e. The van der Waals surface area contributed by atoms with E-state index in [4.69, 9.17) is 15.5 Å². The third-order valence-electron chi connectivity index (χ3n) is 5.18. The van der Waals surface area contributed by atoms with E-state index in [1.54, 1.807) is 5.09 Å². The quantitative estimate of drug-likeness (QED) is 0.0993. The lowest BCUT2D eigenvalue weighted by molar-refractivity contribution is -0.143. The van der Waals surface area contributed by atoms with Gasteiger partial charge in [0.1, 0.15) is 30.0 Å². The number of halogens is 1. The summed E-state index contributed by atoms with van der Waals surface area (Å²) in [6.07, 6.45) is -2.90. The first kappa shape index (κ1) is 34.6. The Bertz CT molecular complexity index is 1270. The minimum Gasteiger partial charge on any atom is -0.481 e. The predicted octanol–water partition coefficient (Wildman–Crippen LogP) is -0.355. The number of carbonyl (C=O) groups is 6. The van der Waals surface area contributed by atoms with Crippen LogP contribution in [-0.2, 0) is 33.1 Å². The van der Waals surface area contributed by atoms with Crippen molar-refractivity contribution in [1.29, 1.82) is 5.26 Å². The number of nitriles is 1. The van der Waals surface area contributed by atoms with Gasteiger partial charge in [-0.2, -0.15) is 5.26 Å². The van der Waals surface area contributed by atoms with Crippen LogP contribution in [0.25, 0.3) is 0 Å². The first-order chi connectivity index (χ1) is 19.1. The van der Waals surface area contributed by atoms with Crippen LogP contribution in [0.3, 0.4) is 0 Å². The van der Waals surface area contributed by atoms with Gasteiger partial charge in [0.15, 0.2) is 0 Å². The minimum atomic E-state index is -4.84. The molecule has 4 atom stereocenters. The molecule has 0 spiro atoms. The van der Waals surface area contributed by atoms with Crippen LogP contribution in [0.1, 0.15) is 48.0 Å². The number of carbonyl (C=O) groups excluding carboxylic acids is 2. The Labute approximate surface area is 230 Å². The molecule has 0 bridgehead atoms. The predicted molar refractivity (Wildman–Crippen MR) is 131 cm³/mol. The van der Waals surface area contributed by atoms with Gasteiger partial charge in [0, 0.05) is 24.8 Å². The summed E-state index contributed by atoms with van der Waals surface area (Å²) in [7, 11) is -4.84. The fraction of sp³-hybridized carbons (Fsp3) is 0.409. The molecular formula is C22H26FN4O13P. The summed E-state index contributed by atoms with van der Waals surface area (Å²) in [5.41, 5.74) is -0.683. The molecule has 0 aromatic heterocycles. The highest BCUT2D eigenvalue weighted by Gasteiger charge is 2.30. The monoisotopic (exact) mass is 604 g/mol. The second kappa shape index (κ2) is 16.0. The van der Waals surface area contributed by atoms with Crippen LogP contribution >= 0.6 is 7.75 Å². The Hall–Kier alpha value is -4.43. The van der Waals surface area contributed by atoms with E-state index in [1.807, 2.05) is 5.32 Å². The zero-order chi connectivity index (χ0) is 31.3. The summed E-state index contributed by atoms with van der Waals surface area (Å²) in [6.45, 7) is -0.778. The summed E-state index contributed by atoms with van der Waals surface area (Å²) < 4.78 is 30.2. The molecule has 1 rings (SSSR count). The zero-order valence-electron chi connectivity index (χ0n) is 21.0. The van der Waals surface area contributed by atoms with Gasteiger partial charge in [0.2, 0.25) is 5.91 Å². The molecule has 0 heterocycles. The lowest BCUT2D eigenvalue weighted by Crippen LogP contribution is -2.44. The molecule has 0 aliphatic carbocycles. The van der Waals surface area contributed by atoms with Crippen LogP contribution in [-0.4, -0.2) is 85.7 Å². The number of rotatable bonds is 18. The van der Waals surface area contributed by atoms with Gasteiger partial charge < -0.3 is 36.0 Å². The lowest BCUT2D eigenvalue weighted by atomic mass is 10.1. The Kier molecular flexibility index (Phi) is 13.5. The molecule has 3 unspecified atom stereocenters. The van der Waals surface area contributed by atoms with Gasteiger partial charge in [-0.15, -0.1) is 0 Å². The highest BCUT2D eigenvalue weighted by Crippen LogP contribution is 2.38. The molecule has 0 aliphatic rings. The molecule has 0 aliphatic heterocycles. The van der Waals surface area contributed by atoms with Crippen molar-refractivity contribution in [3.05, 3.63) is 35.1 Å².